The Morgan fingerprint density at radius 3 is 2.56 bits per heavy atom. The fraction of sp³-hybridized carbons (Fsp3) is 0.800. The first-order valence-electron chi connectivity index (χ1n) is 5.11. The first kappa shape index (κ1) is 13.3. The highest BCUT2D eigenvalue weighted by Crippen LogP contribution is 2.42. The fourth-order valence-corrected chi connectivity index (χ4v) is 1.95. The number of urea groups is 1. The predicted molar refractivity (Wildman–Crippen MR) is 60.4 cm³/mol. The van der Waals surface area contributed by atoms with Gasteiger partial charge in [0.1, 0.15) is 5.88 Å². The maximum absolute atomic E-state index is 11.4. The van der Waals surface area contributed by atoms with Gasteiger partial charge >= 0.3 is 6.03 Å². The van der Waals surface area contributed by atoms with E-state index in [9.17, 15) is 9.59 Å². The molecule has 1 aliphatic carbocycles. The third kappa shape index (κ3) is 2.65. The highest BCUT2D eigenvalue weighted by molar-refractivity contribution is 6.28. The summed E-state index contributed by atoms with van der Waals surface area (Å²) in [7, 11) is 1.65. The van der Waals surface area contributed by atoms with E-state index in [0.717, 1.165) is 6.42 Å². The second kappa shape index (κ2) is 5.01. The molecule has 0 aromatic heterocycles. The van der Waals surface area contributed by atoms with Crippen molar-refractivity contribution in [3.63, 3.8) is 0 Å². The Balaban J connectivity index is 2.40. The van der Waals surface area contributed by atoms with Gasteiger partial charge in [0.15, 0.2) is 0 Å². The molecular formula is C10H17ClN2O3. The number of hydrogen-bond donors (Lipinski definition) is 2. The van der Waals surface area contributed by atoms with Crippen LogP contribution in [0.15, 0.2) is 0 Å². The van der Waals surface area contributed by atoms with E-state index >= 15 is 0 Å². The van der Waals surface area contributed by atoms with Gasteiger partial charge in [-0.15, -0.1) is 11.6 Å². The van der Waals surface area contributed by atoms with Crippen molar-refractivity contribution in [3.8, 4) is 0 Å². The molecule has 0 aromatic rings. The van der Waals surface area contributed by atoms with Gasteiger partial charge in [0.2, 0.25) is 5.91 Å². The number of halogens is 1. The second-order valence-electron chi connectivity index (χ2n) is 4.49. The van der Waals surface area contributed by atoms with Gasteiger partial charge in [-0.1, -0.05) is 13.8 Å². The van der Waals surface area contributed by atoms with Crippen LogP contribution in [0.2, 0.25) is 0 Å². The minimum absolute atomic E-state index is 0.0144. The molecular weight excluding hydrogens is 232 g/mol. The lowest BCUT2D eigenvalue weighted by atomic mass is 9.64. The van der Waals surface area contributed by atoms with Gasteiger partial charge in [0.05, 0.1) is 6.10 Å². The Bertz CT molecular complexity index is 294. The molecule has 16 heavy (non-hydrogen) atoms. The van der Waals surface area contributed by atoms with Gasteiger partial charge in [0, 0.05) is 18.6 Å². The molecule has 2 atom stereocenters. The summed E-state index contributed by atoms with van der Waals surface area (Å²) in [6.45, 7) is 4.03. The standard InChI is InChI=1S/C10H17ClN2O3/c1-10(2)6(4-7(10)16-3)12-9(15)13-8(14)5-11/h6-7H,4-5H2,1-3H3,(H2,12,13,14,15). The number of carbonyl (C=O) groups excluding carboxylic acids is 2. The van der Waals surface area contributed by atoms with Gasteiger partial charge in [-0.3, -0.25) is 10.1 Å². The summed E-state index contributed by atoms with van der Waals surface area (Å²) >= 11 is 5.27. The lowest BCUT2D eigenvalue weighted by Crippen LogP contribution is -2.63. The summed E-state index contributed by atoms with van der Waals surface area (Å²) in [6.07, 6.45) is 0.896. The van der Waals surface area contributed by atoms with Crippen LogP contribution in [0, 0.1) is 5.41 Å². The summed E-state index contributed by atoms with van der Waals surface area (Å²) in [5, 5.41) is 4.86. The minimum atomic E-state index is -0.502. The van der Waals surface area contributed by atoms with E-state index in [1.54, 1.807) is 7.11 Å². The first-order valence-corrected chi connectivity index (χ1v) is 5.64. The SMILES string of the molecule is COC1CC(NC(=O)NC(=O)CCl)C1(C)C. The van der Waals surface area contributed by atoms with E-state index in [-0.39, 0.29) is 23.4 Å². The number of amides is 3. The molecule has 3 amide bonds. The van der Waals surface area contributed by atoms with Crippen LogP contribution >= 0.6 is 11.6 Å². The van der Waals surface area contributed by atoms with Crippen LogP contribution in [0.5, 0.6) is 0 Å². The molecule has 2 N–H and O–H groups in total. The molecule has 2 unspecified atom stereocenters. The number of methoxy groups -OCH3 is 1. The normalized spacial score (nSPS) is 26.8. The highest BCUT2D eigenvalue weighted by Gasteiger charge is 2.49. The van der Waals surface area contributed by atoms with Crippen LogP contribution < -0.4 is 10.6 Å². The van der Waals surface area contributed by atoms with Crippen molar-refractivity contribution in [2.75, 3.05) is 13.0 Å². The predicted octanol–water partition coefficient (Wildman–Crippen LogP) is 0.864. The van der Waals surface area contributed by atoms with E-state index in [1.165, 1.54) is 0 Å². The van der Waals surface area contributed by atoms with E-state index < -0.39 is 11.9 Å². The van der Waals surface area contributed by atoms with E-state index in [1.807, 2.05) is 13.8 Å². The van der Waals surface area contributed by atoms with Crippen molar-refractivity contribution < 1.29 is 14.3 Å². The fourth-order valence-electron chi connectivity index (χ4n) is 1.88. The van der Waals surface area contributed by atoms with Crippen LogP contribution in [0.4, 0.5) is 4.79 Å². The zero-order chi connectivity index (χ0) is 12.3. The lowest BCUT2D eigenvalue weighted by Gasteiger charge is -2.51. The zero-order valence-electron chi connectivity index (χ0n) is 9.67. The van der Waals surface area contributed by atoms with Crippen molar-refractivity contribution in [2.24, 2.45) is 5.41 Å². The topological polar surface area (TPSA) is 67.4 Å². The molecule has 0 saturated heterocycles. The number of carbonyl (C=O) groups is 2. The monoisotopic (exact) mass is 248 g/mol. The average molecular weight is 249 g/mol. The summed E-state index contributed by atoms with van der Waals surface area (Å²) in [6, 6.07) is -0.487. The molecule has 0 radical (unpaired) electrons. The smallest absolute Gasteiger partial charge is 0.321 e. The molecule has 1 fully saturated rings. The second-order valence-corrected chi connectivity index (χ2v) is 4.76. The molecule has 1 saturated carbocycles. The Morgan fingerprint density at radius 1 is 1.50 bits per heavy atom. The van der Waals surface area contributed by atoms with Crippen LogP contribution in [0.3, 0.4) is 0 Å². The number of hydrogen-bond acceptors (Lipinski definition) is 3. The minimum Gasteiger partial charge on any atom is -0.381 e. The van der Waals surface area contributed by atoms with Gasteiger partial charge in [-0.25, -0.2) is 4.79 Å². The van der Waals surface area contributed by atoms with Crippen molar-refractivity contribution in [1.29, 1.82) is 0 Å². The maximum atomic E-state index is 11.4. The molecule has 92 valence electrons. The summed E-state index contributed by atoms with van der Waals surface area (Å²) in [5.41, 5.74) is -0.115. The third-order valence-electron chi connectivity index (χ3n) is 3.14. The average Bonchev–Trinajstić information content (AvgIpc) is 2.23. The quantitative estimate of drug-likeness (QED) is 0.728. The molecule has 0 heterocycles. The van der Waals surface area contributed by atoms with Gasteiger partial charge in [0.25, 0.3) is 0 Å². The summed E-state index contributed by atoms with van der Waals surface area (Å²) in [5.74, 6) is -0.720. The van der Waals surface area contributed by atoms with E-state index in [4.69, 9.17) is 16.3 Å². The largest absolute Gasteiger partial charge is 0.381 e. The number of alkyl halides is 1. The van der Waals surface area contributed by atoms with Crippen molar-refractivity contribution in [3.05, 3.63) is 0 Å². The Kier molecular flexibility index (Phi) is 4.15. The summed E-state index contributed by atoms with van der Waals surface area (Å²) < 4.78 is 5.26. The first-order chi connectivity index (χ1) is 7.41. The van der Waals surface area contributed by atoms with Gasteiger partial charge < -0.3 is 10.1 Å². The molecule has 0 aliphatic heterocycles. The number of rotatable bonds is 3. The lowest BCUT2D eigenvalue weighted by molar-refractivity contribution is -0.117. The number of ether oxygens (including phenoxy) is 1. The molecule has 1 rings (SSSR count). The molecule has 0 bridgehead atoms. The molecule has 1 aliphatic rings. The van der Waals surface area contributed by atoms with Gasteiger partial charge in [-0.2, -0.15) is 0 Å². The Hall–Kier alpha value is -0.810. The van der Waals surface area contributed by atoms with Gasteiger partial charge in [-0.05, 0) is 6.42 Å². The van der Waals surface area contributed by atoms with E-state index in [0.29, 0.717) is 0 Å². The Labute approximate surface area is 99.9 Å². The molecule has 6 heteroatoms. The van der Waals surface area contributed by atoms with Crippen molar-refractivity contribution in [1.82, 2.24) is 10.6 Å². The molecule has 0 aromatic carbocycles. The van der Waals surface area contributed by atoms with E-state index in [2.05, 4.69) is 10.6 Å². The van der Waals surface area contributed by atoms with Crippen LogP contribution in [0.25, 0.3) is 0 Å². The van der Waals surface area contributed by atoms with Crippen LogP contribution in [0.1, 0.15) is 20.3 Å². The Morgan fingerprint density at radius 2 is 2.12 bits per heavy atom. The zero-order valence-corrected chi connectivity index (χ0v) is 10.4. The van der Waals surface area contributed by atoms with Crippen LogP contribution in [-0.4, -0.2) is 37.1 Å². The highest BCUT2D eigenvalue weighted by atomic mass is 35.5. The van der Waals surface area contributed by atoms with Crippen molar-refractivity contribution >= 4 is 23.5 Å². The maximum Gasteiger partial charge on any atom is 0.321 e. The molecule has 5 nitrogen and oxygen atoms in total. The molecule has 0 spiro atoms. The van der Waals surface area contributed by atoms with Crippen LogP contribution in [-0.2, 0) is 9.53 Å². The number of imide groups is 1. The third-order valence-corrected chi connectivity index (χ3v) is 3.38. The summed E-state index contributed by atoms with van der Waals surface area (Å²) in [4.78, 5) is 22.2. The number of nitrogens with one attached hydrogen (secondary N) is 2. The van der Waals surface area contributed by atoms with Crippen molar-refractivity contribution in [2.45, 2.75) is 32.4 Å².